The minimum Gasteiger partial charge on any atom is -0.375 e. The van der Waals surface area contributed by atoms with Gasteiger partial charge >= 0.3 is 0 Å². The van der Waals surface area contributed by atoms with Crippen LogP contribution in [0, 0.1) is 0 Å². The third-order valence-corrected chi connectivity index (χ3v) is 11.4. The highest BCUT2D eigenvalue weighted by atomic mass is 32.1. The Bertz CT molecular complexity index is 2750. The van der Waals surface area contributed by atoms with Gasteiger partial charge in [0.15, 0.2) is 7.85 Å². The van der Waals surface area contributed by atoms with Gasteiger partial charge in [-0.25, -0.2) is 4.98 Å². The molecule has 2 heterocycles. The van der Waals surface area contributed by atoms with Gasteiger partial charge in [-0.15, -0.1) is 11.3 Å². The Balaban J connectivity index is 1.46. The molecule has 0 aliphatic heterocycles. The number of fused-ring (bicyclic) bond motifs is 6. The molecule has 0 unspecified atom stereocenters. The molecule has 0 saturated heterocycles. The normalized spacial score (nSPS) is 12.5. The Morgan fingerprint density at radius 2 is 1.14 bits per heavy atom. The predicted molar refractivity (Wildman–Crippen MR) is 214 cm³/mol. The van der Waals surface area contributed by atoms with Gasteiger partial charge in [-0.3, -0.25) is 4.57 Å². The third kappa shape index (κ3) is 4.59. The Morgan fingerprint density at radius 1 is 0.531 bits per heavy atom. The summed E-state index contributed by atoms with van der Waals surface area (Å²) in [5.41, 5.74) is 5.25. The fraction of sp³-hybridized carbons (Fsp3) is 0.0488. The molecule has 9 aromatic rings. The lowest BCUT2D eigenvalue weighted by Gasteiger charge is -2.36. The van der Waals surface area contributed by atoms with Crippen molar-refractivity contribution in [3.05, 3.63) is 145 Å². The number of thiophene rings is 1. The molecule has 0 atom stereocenters. The van der Waals surface area contributed by atoms with E-state index < -0.39 is 10.9 Å². The highest BCUT2D eigenvalue weighted by molar-refractivity contribution is 7.25. The maximum absolute atomic E-state index is 11.1. The van der Waals surface area contributed by atoms with Gasteiger partial charge < -0.3 is 10.2 Å². The molecule has 0 spiro atoms. The van der Waals surface area contributed by atoms with Crippen molar-refractivity contribution < 1.29 is 10.2 Å². The van der Waals surface area contributed by atoms with E-state index in [1.165, 1.54) is 33.6 Å². The zero-order chi connectivity index (χ0) is 33.5. The molecule has 2 aromatic heterocycles. The maximum Gasteiger partial charge on any atom is 0.177 e. The second-order valence-corrected chi connectivity index (χ2v) is 14.7. The van der Waals surface area contributed by atoms with Crippen LogP contribution in [0.3, 0.4) is 0 Å². The molecule has 4 nitrogen and oxygen atoms in total. The first-order valence-electron chi connectivity index (χ1n) is 16.6. The fourth-order valence-electron chi connectivity index (χ4n) is 7.28. The van der Waals surface area contributed by atoms with E-state index in [-0.39, 0.29) is 0 Å². The highest BCUT2D eigenvalue weighted by Gasteiger charge is 2.43. The van der Waals surface area contributed by atoms with E-state index in [0.717, 1.165) is 55.0 Å². The third-order valence-electron chi connectivity index (χ3n) is 10.3. The number of aliphatic hydroxyl groups is 2. The number of para-hydroxylation sites is 2. The molecule has 0 saturated carbocycles. The van der Waals surface area contributed by atoms with Crippen LogP contribution in [0.4, 0.5) is 0 Å². The summed E-state index contributed by atoms with van der Waals surface area (Å²) in [7, 11) is 5.13. The van der Waals surface area contributed by atoms with Crippen molar-refractivity contribution in [2.75, 3.05) is 0 Å². The Morgan fingerprint density at radius 3 is 1.94 bits per heavy atom. The van der Waals surface area contributed by atoms with Crippen LogP contribution in [-0.2, 0) is 5.21 Å². The second kappa shape index (κ2) is 10.9. The Kier molecular flexibility index (Phi) is 6.69. The summed E-state index contributed by atoms with van der Waals surface area (Å²) in [6, 6.07) is 49.4. The maximum atomic E-state index is 11.1. The zero-order valence-electron chi connectivity index (χ0n) is 27.5. The first-order valence-corrected chi connectivity index (χ1v) is 17.4. The number of aromatic nitrogens is 2. The van der Waals surface area contributed by atoms with Crippen LogP contribution < -0.4 is 0 Å². The van der Waals surface area contributed by atoms with Crippen LogP contribution in [0.5, 0.6) is 0 Å². The summed E-state index contributed by atoms with van der Waals surface area (Å²) in [6.07, 6.45) is 0. The topological polar surface area (TPSA) is 58.3 Å². The van der Waals surface area contributed by atoms with Crippen molar-refractivity contribution in [1.29, 1.82) is 0 Å². The van der Waals surface area contributed by atoms with E-state index in [2.05, 4.69) is 120 Å². The molecule has 0 aliphatic rings. The summed E-state index contributed by atoms with van der Waals surface area (Å²) in [5.74, 6) is 0.582. The molecule has 9 rings (SSSR count). The molecule has 0 radical (unpaired) electrons. The molecule has 2 N–H and O–H groups in total. The SMILES string of the molecule is BC(O)(O)C(B)(B)c1nc2ccccc2n1-c1c2ccccc2c(-c2ccc3sc4ccccc4c3c2)c2cc(-c3ccccc3)ccc12. The lowest BCUT2D eigenvalue weighted by molar-refractivity contribution is -0.100. The lowest BCUT2D eigenvalue weighted by atomic mass is 9.45. The van der Waals surface area contributed by atoms with Crippen molar-refractivity contribution in [3.63, 3.8) is 0 Å². The molecule has 0 fully saturated rings. The van der Waals surface area contributed by atoms with E-state index in [9.17, 15) is 10.2 Å². The number of nitrogens with zero attached hydrogens (tertiary/aromatic N) is 2. The van der Waals surface area contributed by atoms with Crippen molar-refractivity contribution in [1.82, 2.24) is 9.55 Å². The van der Waals surface area contributed by atoms with Crippen LogP contribution in [0.1, 0.15) is 5.82 Å². The zero-order valence-corrected chi connectivity index (χ0v) is 28.3. The molecule has 0 amide bonds. The van der Waals surface area contributed by atoms with E-state index in [1.54, 1.807) is 0 Å². The quantitative estimate of drug-likeness (QED) is 0.124. The van der Waals surface area contributed by atoms with E-state index in [1.807, 2.05) is 51.3 Å². The molecule has 0 bridgehead atoms. The van der Waals surface area contributed by atoms with Gasteiger partial charge in [-0.05, 0) is 69.4 Å². The van der Waals surface area contributed by atoms with Crippen LogP contribution in [0.2, 0.25) is 0 Å². The van der Waals surface area contributed by atoms with Crippen molar-refractivity contribution >= 4 is 87.6 Å². The number of imidazole rings is 1. The Labute approximate surface area is 290 Å². The number of hydrogen-bond acceptors (Lipinski definition) is 4. The van der Waals surface area contributed by atoms with Gasteiger partial charge in [0.2, 0.25) is 0 Å². The smallest absolute Gasteiger partial charge is 0.177 e. The van der Waals surface area contributed by atoms with Gasteiger partial charge in [0.25, 0.3) is 0 Å². The van der Waals surface area contributed by atoms with Crippen molar-refractivity contribution in [2.45, 2.75) is 10.9 Å². The molecular weight excluding hydrogens is 617 g/mol. The van der Waals surface area contributed by atoms with Crippen LogP contribution >= 0.6 is 11.3 Å². The fourth-order valence-corrected chi connectivity index (χ4v) is 8.37. The number of rotatable bonds is 5. The summed E-state index contributed by atoms with van der Waals surface area (Å²) < 4.78 is 4.72. The van der Waals surface area contributed by atoms with Gasteiger partial charge in [-0.1, -0.05) is 103 Å². The van der Waals surface area contributed by atoms with Crippen LogP contribution in [0.25, 0.3) is 80.7 Å². The lowest BCUT2D eigenvalue weighted by Crippen LogP contribution is -2.54. The summed E-state index contributed by atoms with van der Waals surface area (Å²) >= 11 is 1.83. The van der Waals surface area contributed by atoms with Gasteiger partial charge in [0.1, 0.15) is 27.2 Å². The van der Waals surface area contributed by atoms with Gasteiger partial charge in [-0.2, -0.15) is 0 Å². The summed E-state index contributed by atoms with van der Waals surface area (Å²) in [4.78, 5) is 5.09. The summed E-state index contributed by atoms with van der Waals surface area (Å²) in [6.45, 7) is 0. The van der Waals surface area contributed by atoms with E-state index in [0.29, 0.717) is 5.82 Å². The second-order valence-electron chi connectivity index (χ2n) is 13.6. The van der Waals surface area contributed by atoms with Crippen molar-refractivity contribution in [3.8, 4) is 27.9 Å². The number of benzene rings is 7. The molecule has 49 heavy (non-hydrogen) atoms. The van der Waals surface area contributed by atoms with E-state index in [4.69, 9.17) is 4.98 Å². The monoisotopic (exact) mass is 648 g/mol. The molecular formula is C41H31B3N2O2S. The Hall–Kier alpha value is -5.14. The highest BCUT2D eigenvalue weighted by Crippen LogP contribution is 2.46. The standard InChI is InChI=1S/C41H31B3N2O2S/c42-40(43,41(44,47)48)39-45-33-15-7-8-16-34(33)46(39)38-29-14-5-4-13-28(29)37(32-22-25(18-20-30(32)38)24-10-2-1-3-11-24)26-19-21-36-31(23-26)27-12-6-9-17-35(27)49-36/h1-23,47-48H,42-44H2. The largest absolute Gasteiger partial charge is 0.375 e. The van der Waals surface area contributed by atoms with E-state index >= 15 is 0 Å². The molecule has 0 aliphatic carbocycles. The molecule has 7 aromatic carbocycles. The van der Waals surface area contributed by atoms with Gasteiger partial charge in [0.05, 0.1) is 16.7 Å². The minimum atomic E-state index is -2.03. The van der Waals surface area contributed by atoms with Gasteiger partial charge in [0, 0.05) is 36.2 Å². The number of hydrogen-bond donors (Lipinski definition) is 2. The average molecular weight is 648 g/mol. The van der Waals surface area contributed by atoms with Crippen molar-refractivity contribution in [2.24, 2.45) is 0 Å². The molecule has 232 valence electrons. The minimum absolute atomic E-state index is 0.582. The first kappa shape index (κ1) is 30.0. The molecule has 8 heteroatoms. The van der Waals surface area contributed by atoms with Crippen LogP contribution in [0.15, 0.2) is 140 Å². The first-order chi connectivity index (χ1) is 23.7. The summed E-state index contributed by atoms with van der Waals surface area (Å²) in [5, 5.41) is 28.0. The average Bonchev–Trinajstić information content (AvgIpc) is 3.69. The van der Waals surface area contributed by atoms with Crippen LogP contribution in [-0.4, -0.2) is 49.0 Å². The predicted octanol–water partition coefficient (Wildman–Crippen LogP) is 6.72.